The van der Waals surface area contributed by atoms with Crippen molar-refractivity contribution in [3.8, 4) is 0 Å². The molecular formula is C9H6BrIO3. The Labute approximate surface area is 103 Å². The number of carboxylic acids is 1. The minimum Gasteiger partial charge on any atom is -0.475 e. The number of hydrogen-bond acceptors (Lipinski definition) is 2. The monoisotopic (exact) mass is 368 g/mol. The number of carbonyl (C=O) groups excluding carboxylic acids is 1. The van der Waals surface area contributed by atoms with E-state index >= 15 is 0 Å². The molecule has 0 heterocycles. The lowest BCUT2D eigenvalue weighted by Gasteiger charge is -2.00. The number of hydrogen-bond donors (Lipinski definition) is 1. The van der Waals surface area contributed by atoms with Crippen LogP contribution in [0.3, 0.4) is 0 Å². The Balaban J connectivity index is 2.87. The topological polar surface area (TPSA) is 54.4 Å². The smallest absolute Gasteiger partial charge is 0.372 e. The number of rotatable bonds is 3. The van der Waals surface area contributed by atoms with Crippen LogP contribution in [-0.4, -0.2) is 16.9 Å². The summed E-state index contributed by atoms with van der Waals surface area (Å²) in [5.41, 5.74) is 0.705. The van der Waals surface area contributed by atoms with Crippen LogP contribution in [0.2, 0.25) is 0 Å². The Morgan fingerprint density at radius 3 is 2.50 bits per heavy atom. The average Bonchev–Trinajstić information content (AvgIpc) is 2.01. The maximum Gasteiger partial charge on any atom is 0.372 e. The summed E-state index contributed by atoms with van der Waals surface area (Å²) in [4.78, 5) is 21.2. The molecule has 0 spiro atoms. The Kier molecular flexibility index (Phi) is 4.06. The number of carbonyl (C=O) groups is 2. The fraction of sp³-hybridized carbons (Fsp3) is 0.111. The molecule has 1 aromatic carbocycles. The number of ketones is 1. The second kappa shape index (κ2) is 4.88. The average molecular weight is 369 g/mol. The molecule has 0 aromatic heterocycles. The maximum absolute atomic E-state index is 10.9. The van der Waals surface area contributed by atoms with Crippen molar-refractivity contribution in [2.75, 3.05) is 0 Å². The van der Waals surface area contributed by atoms with E-state index in [-0.39, 0.29) is 6.42 Å². The summed E-state index contributed by atoms with van der Waals surface area (Å²) >= 11 is 5.38. The molecule has 74 valence electrons. The summed E-state index contributed by atoms with van der Waals surface area (Å²) in [5, 5.41) is 8.42. The van der Waals surface area contributed by atoms with Gasteiger partial charge in [-0.05, 0) is 46.4 Å². The van der Waals surface area contributed by atoms with E-state index in [2.05, 4.69) is 38.5 Å². The van der Waals surface area contributed by atoms with Gasteiger partial charge in [-0.1, -0.05) is 15.9 Å². The highest BCUT2D eigenvalue weighted by Crippen LogP contribution is 2.17. The van der Waals surface area contributed by atoms with Crippen molar-refractivity contribution in [3.05, 3.63) is 31.8 Å². The molecule has 14 heavy (non-hydrogen) atoms. The molecule has 0 unspecified atom stereocenters. The van der Waals surface area contributed by atoms with Crippen LogP contribution in [0.4, 0.5) is 0 Å². The second-order valence-electron chi connectivity index (χ2n) is 2.68. The highest BCUT2D eigenvalue weighted by Gasteiger charge is 2.12. The summed E-state index contributed by atoms with van der Waals surface area (Å²) in [6.45, 7) is 0. The Bertz CT molecular complexity index is 369. The molecule has 0 radical (unpaired) electrons. The molecule has 0 aliphatic heterocycles. The zero-order valence-electron chi connectivity index (χ0n) is 6.96. The quantitative estimate of drug-likeness (QED) is 0.657. The van der Waals surface area contributed by atoms with Gasteiger partial charge in [0.05, 0.1) is 0 Å². The van der Waals surface area contributed by atoms with Crippen molar-refractivity contribution < 1.29 is 14.7 Å². The van der Waals surface area contributed by atoms with Crippen LogP contribution in [0.5, 0.6) is 0 Å². The van der Waals surface area contributed by atoms with E-state index in [1.165, 1.54) is 0 Å². The van der Waals surface area contributed by atoms with Crippen LogP contribution in [0.25, 0.3) is 0 Å². The van der Waals surface area contributed by atoms with Gasteiger partial charge in [-0.15, -0.1) is 0 Å². The number of Topliss-reactive ketones (excluding diaryl/α,β-unsaturated/α-hetero) is 1. The third-order valence-corrected chi connectivity index (χ3v) is 2.61. The Hall–Kier alpha value is -0.430. The van der Waals surface area contributed by atoms with Gasteiger partial charge in [-0.3, -0.25) is 4.79 Å². The third-order valence-electron chi connectivity index (χ3n) is 1.53. The molecule has 0 atom stereocenters. The van der Waals surface area contributed by atoms with Crippen molar-refractivity contribution in [1.82, 2.24) is 0 Å². The largest absolute Gasteiger partial charge is 0.475 e. The summed E-state index contributed by atoms with van der Waals surface area (Å²) in [7, 11) is 0. The molecule has 0 amide bonds. The highest BCUT2D eigenvalue weighted by molar-refractivity contribution is 14.1. The van der Waals surface area contributed by atoms with Crippen molar-refractivity contribution in [2.45, 2.75) is 6.42 Å². The van der Waals surface area contributed by atoms with Gasteiger partial charge in [-0.2, -0.15) is 0 Å². The van der Waals surface area contributed by atoms with Crippen molar-refractivity contribution >= 4 is 50.3 Å². The first-order chi connectivity index (χ1) is 6.49. The molecule has 0 bridgehead atoms. The normalized spacial score (nSPS) is 9.86. The van der Waals surface area contributed by atoms with Gasteiger partial charge in [0.1, 0.15) is 0 Å². The zero-order valence-corrected chi connectivity index (χ0v) is 10.7. The van der Waals surface area contributed by atoms with Crippen molar-refractivity contribution in [1.29, 1.82) is 0 Å². The molecule has 0 saturated carbocycles. The number of benzene rings is 1. The second-order valence-corrected chi connectivity index (χ2v) is 4.84. The number of carboxylic acid groups (broad SMARTS) is 1. The lowest BCUT2D eigenvalue weighted by atomic mass is 10.1. The molecule has 1 rings (SSSR count). The van der Waals surface area contributed by atoms with Crippen LogP contribution in [-0.2, 0) is 16.0 Å². The number of halogens is 2. The Morgan fingerprint density at radius 1 is 1.36 bits per heavy atom. The molecule has 0 aliphatic rings. The summed E-state index contributed by atoms with van der Waals surface area (Å²) < 4.78 is 1.81. The molecule has 0 saturated heterocycles. The lowest BCUT2D eigenvalue weighted by Crippen LogP contribution is -2.15. The predicted octanol–water partition coefficient (Wildman–Crippen LogP) is 2.25. The minimum atomic E-state index is -1.39. The van der Waals surface area contributed by atoms with Gasteiger partial charge >= 0.3 is 5.97 Å². The minimum absolute atomic E-state index is 0.0647. The van der Waals surface area contributed by atoms with E-state index in [9.17, 15) is 9.59 Å². The fourth-order valence-electron chi connectivity index (χ4n) is 0.974. The molecule has 1 aromatic rings. The lowest BCUT2D eigenvalue weighted by molar-refractivity contribution is -0.148. The first-order valence-electron chi connectivity index (χ1n) is 3.70. The summed E-state index contributed by atoms with van der Waals surface area (Å²) in [6, 6.07) is 5.41. The SMILES string of the molecule is O=C(O)C(=O)Cc1cc(Br)cc(I)c1. The fourth-order valence-corrected chi connectivity index (χ4v) is 2.68. The van der Waals surface area contributed by atoms with Gasteiger partial charge in [-0.25, -0.2) is 4.79 Å². The van der Waals surface area contributed by atoms with E-state index in [4.69, 9.17) is 5.11 Å². The van der Waals surface area contributed by atoms with Crippen LogP contribution >= 0.6 is 38.5 Å². The van der Waals surface area contributed by atoms with E-state index in [1.807, 2.05) is 6.07 Å². The van der Waals surface area contributed by atoms with Gasteiger partial charge in [0.25, 0.3) is 0 Å². The number of aliphatic carboxylic acids is 1. The zero-order chi connectivity index (χ0) is 10.7. The molecular weight excluding hydrogens is 363 g/mol. The van der Waals surface area contributed by atoms with Crippen LogP contribution in [0.1, 0.15) is 5.56 Å². The van der Waals surface area contributed by atoms with E-state index in [0.717, 1.165) is 8.04 Å². The molecule has 5 heteroatoms. The molecule has 1 N–H and O–H groups in total. The van der Waals surface area contributed by atoms with Crippen molar-refractivity contribution in [2.24, 2.45) is 0 Å². The van der Waals surface area contributed by atoms with E-state index in [1.54, 1.807) is 12.1 Å². The van der Waals surface area contributed by atoms with Gasteiger partial charge in [0, 0.05) is 14.5 Å². The first-order valence-corrected chi connectivity index (χ1v) is 5.57. The first kappa shape index (κ1) is 11.6. The van der Waals surface area contributed by atoms with Crippen molar-refractivity contribution in [3.63, 3.8) is 0 Å². The molecule has 0 aliphatic carbocycles. The maximum atomic E-state index is 10.9. The molecule has 0 fully saturated rings. The third kappa shape index (κ3) is 3.38. The van der Waals surface area contributed by atoms with E-state index in [0.29, 0.717) is 5.56 Å². The standard InChI is InChI=1S/C9H6BrIO3/c10-6-1-5(2-7(11)4-6)3-8(12)9(13)14/h1-2,4H,3H2,(H,13,14). The van der Waals surface area contributed by atoms with Crippen LogP contribution in [0, 0.1) is 3.57 Å². The predicted molar refractivity (Wildman–Crippen MR) is 63.2 cm³/mol. The van der Waals surface area contributed by atoms with E-state index < -0.39 is 11.8 Å². The van der Waals surface area contributed by atoms with Gasteiger partial charge in [0.2, 0.25) is 5.78 Å². The molecule has 3 nitrogen and oxygen atoms in total. The summed E-state index contributed by atoms with van der Waals surface area (Å²) in [5.74, 6) is -2.18. The van der Waals surface area contributed by atoms with Crippen LogP contribution in [0.15, 0.2) is 22.7 Å². The Morgan fingerprint density at radius 2 is 2.00 bits per heavy atom. The summed E-state index contributed by atoms with van der Waals surface area (Å²) in [6.07, 6.45) is -0.0647. The van der Waals surface area contributed by atoms with Gasteiger partial charge in [0.15, 0.2) is 0 Å². The highest BCUT2D eigenvalue weighted by atomic mass is 127. The van der Waals surface area contributed by atoms with Crippen LogP contribution < -0.4 is 0 Å². The van der Waals surface area contributed by atoms with Gasteiger partial charge < -0.3 is 5.11 Å².